The van der Waals surface area contributed by atoms with Gasteiger partial charge < -0.3 is 10.1 Å². The van der Waals surface area contributed by atoms with Crippen molar-refractivity contribution in [2.24, 2.45) is 0 Å². The fraction of sp³-hybridized carbons (Fsp3) is 0.571. The lowest BCUT2D eigenvalue weighted by Gasteiger charge is -2.17. The standard InChI is InChI=1S/C14H22FNO/c1-3-17-10-4-5-13(11-16-2)12-6-8-14(15)9-7-12/h6-9,13,16H,3-5,10-11H2,1-2H3. The molecule has 0 aliphatic carbocycles. The lowest BCUT2D eigenvalue weighted by molar-refractivity contribution is 0.142. The van der Waals surface area contributed by atoms with Crippen molar-refractivity contribution in [3.8, 4) is 0 Å². The van der Waals surface area contributed by atoms with E-state index in [4.69, 9.17) is 4.74 Å². The number of halogens is 1. The molecule has 0 aliphatic heterocycles. The van der Waals surface area contributed by atoms with Crippen LogP contribution in [0.2, 0.25) is 0 Å². The zero-order valence-corrected chi connectivity index (χ0v) is 10.7. The van der Waals surface area contributed by atoms with Gasteiger partial charge >= 0.3 is 0 Å². The Morgan fingerprint density at radius 1 is 1.29 bits per heavy atom. The van der Waals surface area contributed by atoms with Crippen molar-refractivity contribution >= 4 is 0 Å². The van der Waals surface area contributed by atoms with Crippen molar-refractivity contribution in [3.05, 3.63) is 35.6 Å². The lowest BCUT2D eigenvalue weighted by Crippen LogP contribution is -2.17. The fourth-order valence-corrected chi connectivity index (χ4v) is 1.94. The Bertz CT molecular complexity index is 300. The first-order valence-electron chi connectivity index (χ1n) is 6.25. The van der Waals surface area contributed by atoms with Crippen molar-refractivity contribution in [1.82, 2.24) is 5.32 Å². The van der Waals surface area contributed by atoms with Crippen LogP contribution in [0, 0.1) is 5.82 Å². The SMILES string of the molecule is CCOCCCC(CNC)c1ccc(F)cc1. The van der Waals surface area contributed by atoms with Crippen molar-refractivity contribution in [1.29, 1.82) is 0 Å². The molecule has 0 spiro atoms. The maximum absolute atomic E-state index is 12.9. The molecule has 0 aliphatic rings. The zero-order chi connectivity index (χ0) is 12.5. The Morgan fingerprint density at radius 3 is 2.59 bits per heavy atom. The van der Waals surface area contributed by atoms with Crippen molar-refractivity contribution < 1.29 is 9.13 Å². The molecule has 3 heteroatoms. The van der Waals surface area contributed by atoms with Gasteiger partial charge in [0.2, 0.25) is 0 Å². The molecule has 1 N–H and O–H groups in total. The molecule has 2 nitrogen and oxygen atoms in total. The van der Waals surface area contributed by atoms with E-state index in [1.54, 1.807) is 0 Å². The molecule has 0 radical (unpaired) electrons. The second kappa shape index (κ2) is 8.20. The third-order valence-corrected chi connectivity index (χ3v) is 2.84. The quantitative estimate of drug-likeness (QED) is 0.704. The molecule has 0 amide bonds. The highest BCUT2D eigenvalue weighted by molar-refractivity contribution is 5.20. The van der Waals surface area contributed by atoms with Gasteiger partial charge in [0, 0.05) is 19.8 Å². The van der Waals surface area contributed by atoms with E-state index in [1.807, 2.05) is 26.1 Å². The highest BCUT2D eigenvalue weighted by atomic mass is 19.1. The maximum Gasteiger partial charge on any atom is 0.123 e. The van der Waals surface area contributed by atoms with Gasteiger partial charge in [-0.3, -0.25) is 0 Å². The summed E-state index contributed by atoms with van der Waals surface area (Å²) in [7, 11) is 1.94. The van der Waals surface area contributed by atoms with Crippen molar-refractivity contribution in [2.75, 3.05) is 26.8 Å². The molecule has 1 aromatic carbocycles. The Balaban J connectivity index is 2.49. The van der Waals surface area contributed by atoms with Crippen LogP contribution in [0.4, 0.5) is 4.39 Å². The molecule has 1 unspecified atom stereocenters. The van der Waals surface area contributed by atoms with Crippen LogP contribution in [-0.2, 0) is 4.74 Å². The number of ether oxygens (including phenoxy) is 1. The van der Waals surface area contributed by atoms with Gasteiger partial charge in [0.05, 0.1) is 0 Å². The molecular weight excluding hydrogens is 217 g/mol. The number of hydrogen-bond acceptors (Lipinski definition) is 2. The van der Waals surface area contributed by atoms with Crippen LogP contribution in [0.1, 0.15) is 31.2 Å². The van der Waals surface area contributed by atoms with E-state index in [9.17, 15) is 4.39 Å². The smallest absolute Gasteiger partial charge is 0.123 e. The predicted molar refractivity (Wildman–Crippen MR) is 68.8 cm³/mol. The molecule has 0 saturated carbocycles. The molecule has 0 bridgehead atoms. The molecule has 0 aromatic heterocycles. The summed E-state index contributed by atoms with van der Waals surface area (Å²) >= 11 is 0. The van der Waals surface area contributed by atoms with Gasteiger partial charge in [0.1, 0.15) is 5.82 Å². The lowest BCUT2D eigenvalue weighted by atomic mass is 9.94. The second-order valence-electron chi connectivity index (χ2n) is 4.15. The predicted octanol–water partition coefficient (Wildman–Crippen LogP) is 2.95. The number of benzene rings is 1. The van der Waals surface area contributed by atoms with Crippen LogP contribution in [0.3, 0.4) is 0 Å². The summed E-state index contributed by atoms with van der Waals surface area (Å²) in [6.07, 6.45) is 2.10. The number of hydrogen-bond donors (Lipinski definition) is 1. The van der Waals surface area contributed by atoms with Gasteiger partial charge in [-0.2, -0.15) is 0 Å². The fourth-order valence-electron chi connectivity index (χ4n) is 1.94. The number of rotatable bonds is 8. The molecule has 96 valence electrons. The van der Waals surface area contributed by atoms with E-state index in [0.29, 0.717) is 5.92 Å². The van der Waals surface area contributed by atoms with Gasteiger partial charge in [-0.05, 0) is 50.4 Å². The average molecular weight is 239 g/mol. The third-order valence-electron chi connectivity index (χ3n) is 2.84. The largest absolute Gasteiger partial charge is 0.382 e. The van der Waals surface area contributed by atoms with Crippen LogP contribution in [0.25, 0.3) is 0 Å². The Kier molecular flexibility index (Phi) is 6.82. The topological polar surface area (TPSA) is 21.3 Å². The van der Waals surface area contributed by atoms with E-state index in [-0.39, 0.29) is 5.82 Å². The van der Waals surface area contributed by atoms with Crippen LogP contribution in [0.5, 0.6) is 0 Å². The van der Waals surface area contributed by atoms with Crippen LogP contribution < -0.4 is 5.32 Å². The van der Waals surface area contributed by atoms with E-state index in [0.717, 1.165) is 32.6 Å². The van der Waals surface area contributed by atoms with Crippen LogP contribution in [0.15, 0.2) is 24.3 Å². The van der Waals surface area contributed by atoms with Gasteiger partial charge in [0.15, 0.2) is 0 Å². The summed E-state index contributed by atoms with van der Waals surface area (Å²) in [6, 6.07) is 6.80. The Hall–Kier alpha value is -0.930. The first kappa shape index (κ1) is 14.1. The molecule has 0 fully saturated rings. The highest BCUT2D eigenvalue weighted by Crippen LogP contribution is 2.20. The van der Waals surface area contributed by atoms with E-state index >= 15 is 0 Å². The summed E-state index contributed by atoms with van der Waals surface area (Å²) in [5, 5.41) is 3.19. The Morgan fingerprint density at radius 2 is 2.00 bits per heavy atom. The molecule has 0 saturated heterocycles. The van der Waals surface area contributed by atoms with Gasteiger partial charge in [-0.1, -0.05) is 12.1 Å². The van der Waals surface area contributed by atoms with Crippen LogP contribution in [-0.4, -0.2) is 26.8 Å². The number of likely N-dealkylation sites (N-methyl/N-ethyl adjacent to an activating group) is 1. The third kappa shape index (κ3) is 5.29. The summed E-state index contributed by atoms with van der Waals surface area (Å²) in [4.78, 5) is 0. The average Bonchev–Trinajstić information content (AvgIpc) is 2.34. The minimum Gasteiger partial charge on any atom is -0.382 e. The molecule has 1 aromatic rings. The first-order valence-corrected chi connectivity index (χ1v) is 6.25. The van der Waals surface area contributed by atoms with Gasteiger partial charge in [-0.15, -0.1) is 0 Å². The molecule has 0 heterocycles. The maximum atomic E-state index is 12.9. The highest BCUT2D eigenvalue weighted by Gasteiger charge is 2.10. The molecule has 17 heavy (non-hydrogen) atoms. The van der Waals surface area contributed by atoms with Gasteiger partial charge in [-0.25, -0.2) is 4.39 Å². The van der Waals surface area contributed by atoms with Crippen molar-refractivity contribution in [2.45, 2.75) is 25.7 Å². The minimum atomic E-state index is -0.175. The first-order chi connectivity index (χ1) is 8.27. The summed E-state index contributed by atoms with van der Waals surface area (Å²) < 4.78 is 18.2. The van der Waals surface area contributed by atoms with Gasteiger partial charge in [0.25, 0.3) is 0 Å². The van der Waals surface area contributed by atoms with E-state index in [1.165, 1.54) is 17.7 Å². The molecular formula is C14H22FNO. The van der Waals surface area contributed by atoms with E-state index in [2.05, 4.69) is 5.32 Å². The van der Waals surface area contributed by atoms with E-state index < -0.39 is 0 Å². The van der Waals surface area contributed by atoms with Crippen molar-refractivity contribution in [3.63, 3.8) is 0 Å². The summed E-state index contributed by atoms with van der Waals surface area (Å²) in [5.41, 5.74) is 1.19. The van der Waals surface area contributed by atoms with Crippen LogP contribution >= 0.6 is 0 Å². The minimum absolute atomic E-state index is 0.175. The normalized spacial score (nSPS) is 12.6. The zero-order valence-electron chi connectivity index (χ0n) is 10.7. The Labute approximate surface area is 103 Å². The summed E-state index contributed by atoms with van der Waals surface area (Å²) in [5.74, 6) is 0.257. The number of nitrogens with one attached hydrogen (secondary N) is 1. The summed E-state index contributed by atoms with van der Waals surface area (Å²) in [6.45, 7) is 4.49. The second-order valence-corrected chi connectivity index (χ2v) is 4.15. The monoisotopic (exact) mass is 239 g/mol. The molecule has 1 atom stereocenters. The molecule has 1 rings (SSSR count).